The van der Waals surface area contributed by atoms with Gasteiger partial charge in [0.2, 0.25) is 0 Å². The summed E-state index contributed by atoms with van der Waals surface area (Å²) in [6.07, 6.45) is 0. The fourth-order valence-electron chi connectivity index (χ4n) is 3.47. The molecule has 1 aliphatic heterocycles. The van der Waals surface area contributed by atoms with E-state index in [2.05, 4.69) is 34.7 Å². The molecule has 1 aliphatic rings. The number of benzene rings is 1. The zero-order valence-corrected chi connectivity index (χ0v) is 18.1. The SMILES string of the molecule is CC(C)CN1CCN(C(=O)c2ccccc2N(C)C(=O)c2ccc(Br)o2)CC1. The van der Waals surface area contributed by atoms with Crippen molar-refractivity contribution in [1.82, 2.24) is 9.80 Å². The zero-order chi connectivity index (χ0) is 20.3. The minimum atomic E-state index is -0.298. The van der Waals surface area contributed by atoms with Crippen LogP contribution in [0.2, 0.25) is 0 Å². The first kappa shape index (κ1) is 20.6. The molecule has 150 valence electrons. The number of hydrogen-bond donors (Lipinski definition) is 0. The average molecular weight is 448 g/mol. The lowest BCUT2D eigenvalue weighted by Gasteiger charge is -2.36. The molecule has 0 spiro atoms. The molecule has 2 aromatic rings. The number of carbonyl (C=O) groups excluding carboxylic acids is 2. The fraction of sp³-hybridized carbons (Fsp3) is 0.429. The molecule has 0 saturated carbocycles. The third kappa shape index (κ3) is 4.64. The summed E-state index contributed by atoms with van der Waals surface area (Å²) in [6, 6.07) is 10.5. The van der Waals surface area contributed by atoms with Crippen LogP contribution in [0.1, 0.15) is 34.8 Å². The van der Waals surface area contributed by atoms with Gasteiger partial charge in [0.15, 0.2) is 10.4 Å². The summed E-state index contributed by atoms with van der Waals surface area (Å²) >= 11 is 3.21. The minimum Gasteiger partial charge on any atom is -0.444 e. The molecule has 3 rings (SSSR count). The lowest BCUT2D eigenvalue weighted by Crippen LogP contribution is -2.49. The number of para-hydroxylation sites is 1. The quantitative estimate of drug-likeness (QED) is 0.700. The van der Waals surface area contributed by atoms with Crippen molar-refractivity contribution in [3.63, 3.8) is 0 Å². The van der Waals surface area contributed by atoms with Gasteiger partial charge in [-0.3, -0.25) is 14.5 Å². The molecular weight excluding hydrogens is 422 g/mol. The second kappa shape index (κ2) is 8.92. The van der Waals surface area contributed by atoms with Crippen LogP contribution in [0.25, 0.3) is 0 Å². The molecule has 0 radical (unpaired) electrons. The highest BCUT2D eigenvalue weighted by Gasteiger charge is 2.27. The Kier molecular flexibility index (Phi) is 6.57. The van der Waals surface area contributed by atoms with Crippen LogP contribution in [-0.2, 0) is 0 Å². The number of furan rings is 1. The van der Waals surface area contributed by atoms with Crippen LogP contribution in [0, 0.1) is 5.92 Å². The van der Waals surface area contributed by atoms with E-state index in [1.165, 1.54) is 4.90 Å². The van der Waals surface area contributed by atoms with Crippen LogP contribution < -0.4 is 4.90 Å². The number of hydrogen-bond acceptors (Lipinski definition) is 4. The van der Waals surface area contributed by atoms with Crippen LogP contribution >= 0.6 is 15.9 Å². The van der Waals surface area contributed by atoms with Gasteiger partial charge >= 0.3 is 0 Å². The molecule has 1 aromatic carbocycles. The lowest BCUT2D eigenvalue weighted by atomic mass is 10.1. The molecule has 2 heterocycles. The van der Waals surface area contributed by atoms with E-state index in [0.717, 1.165) is 19.6 Å². The molecule has 28 heavy (non-hydrogen) atoms. The van der Waals surface area contributed by atoms with Gasteiger partial charge < -0.3 is 14.2 Å². The van der Waals surface area contributed by atoms with Crippen molar-refractivity contribution in [2.75, 3.05) is 44.7 Å². The largest absolute Gasteiger partial charge is 0.444 e. The van der Waals surface area contributed by atoms with Crippen LogP contribution in [-0.4, -0.2) is 61.4 Å². The van der Waals surface area contributed by atoms with Crippen LogP contribution in [0.5, 0.6) is 0 Å². The first-order valence-corrected chi connectivity index (χ1v) is 10.3. The van der Waals surface area contributed by atoms with Crippen LogP contribution in [0.3, 0.4) is 0 Å². The van der Waals surface area contributed by atoms with Crippen molar-refractivity contribution in [1.29, 1.82) is 0 Å². The first-order chi connectivity index (χ1) is 13.4. The smallest absolute Gasteiger partial charge is 0.293 e. The molecule has 2 amide bonds. The first-order valence-electron chi connectivity index (χ1n) is 9.51. The third-order valence-corrected chi connectivity index (χ3v) is 5.29. The van der Waals surface area contributed by atoms with E-state index >= 15 is 0 Å². The molecule has 0 atom stereocenters. The van der Waals surface area contributed by atoms with Crippen LogP contribution in [0.15, 0.2) is 45.5 Å². The maximum absolute atomic E-state index is 13.2. The average Bonchev–Trinajstić information content (AvgIpc) is 3.13. The Morgan fingerprint density at radius 1 is 1.11 bits per heavy atom. The fourth-order valence-corrected chi connectivity index (χ4v) is 3.78. The number of amides is 2. The number of nitrogens with zero attached hydrogens (tertiary/aromatic N) is 3. The maximum Gasteiger partial charge on any atom is 0.293 e. The summed E-state index contributed by atoms with van der Waals surface area (Å²) in [5, 5.41) is 0. The molecule has 7 heteroatoms. The van der Waals surface area contributed by atoms with Crippen molar-refractivity contribution in [3.8, 4) is 0 Å². The molecule has 0 bridgehead atoms. The van der Waals surface area contributed by atoms with E-state index in [0.29, 0.717) is 34.9 Å². The topological polar surface area (TPSA) is 57.0 Å². The predicted molar refractivity (Wildman–Crippen MR) is 113 cm³/mol. The van der Waals surface area contributed by atoms with E-state index in [1.54, 1.807) is 31.3 Å². The molecule has 0 aliphatic carbocycles. The van der Waals surface area contributed by atoms with Gasteiger partial charge in [-0.1, -0.05) is 26.0 Å². The second-order valence-corrected chi connectivity index (χ2v) is 8.25. The number of halogens is 1. The van der Waals surface area contributed by atoms with Crippen molar-refractivity contribution in [2.24, 2.45) is 5.92 Å². The van der Waals surface area contributed by atoms with Gasteiger partial charge in [0.1, 0.15) is 0 Å². The van der Waals surface area contributed by atoms with Crippen molar-refractivity contribution >= 4 is 33.4 Å². The summed E-state index contributed by atoms with van der Waals surface area (Å²) < 4.78 is 5.87. The van der Waals surface area contributed by atoms with Crippen molar-refractivity contribution in [3.05, 3.63) is 52.4 Å². The van der Waals surface area contributed by atoms with Gasteiger partial charge in [-0.2, -0.15) is 0 Å². The molecule has 0 unspecified atom stereocenters. The van der Waals surface area contributed by atoms with Gasteiger partial charge in [-0.15, -0.1) is 0 Å². The summed E-state index contributed by atoms with van der Waals surface area (Å²) in [5.74, 6) is 0.496. The van der Waals surface area contributed by atoms with E-state index < -0.39 is 0 Å². The lowest BCUT2D eigenvalue weighted by molar-refractivity contribution is 0.0624. The van der Waals surface area contributed by atoms with Gasteiger partial charge in [0, 0.05) is 39.8 Å². The highest BCUT2D eigenvalue weighted by Crippen LogP contribution is 2.24. The van der Waals surface area contributed by atoms with Gasteiger partial charge in [0.05, 0.1) is 11.3 Å². The third-order valence-electron chi connectivity index (χ3n) is 4.87. The van der Waals surface area contributed by atoms with E-state index in [9.17, 15) is 9.59 Å². The van der Waals surface area contributed by atoms with Gasteiger partial charge in [0.25, 0.3) is 11.8 Å². The summed E-state index contributed by atoms with van der Waals surface area (Å²) in [7, 11) is 1.66. The number of rotatable bonds is 5. The van der Waals surface area contributed by atoms with E-state index in [-0.39, 0.29) is 17.6 Å². The van der Waals surface area contributed by atoms with Crippen LogP contribution in [0.4, 0.5) is 5.69 Å². The number of piperazine rings is 1. The predicted octanol–water partition coefficient (Wildman–Crippen LogP) is 3.73. The molecule has 1 aromatic heterocycles. The second-order valence-electron chi connectivity index (χ2n) is 7.47. The Hall–Kier alpha value is -2.12. The number of carbonyl (C=O) groups is 2. The number of anilines is 1. The van der Waals surface area contributed by atoms with E-state index in [4.69, 9.17) is 4.42 Å². The molecule has 1 saturated heterocycles. The molecule has 0 N–H and O–H groups in total. The summed E-state index contributed by atoms with van der Waals surface area (Å²) in [4.78, 5) is 31.6. The highest BCUT2D eigenvalue weighted by molar-refractivity contribution is 9.10. The zero-order valence-electron chi connectivity index (χ0n) is 16.5. The monoisotopic (exact) mass is 447 g/mol. The Balaban J connectivity index is 1.75. The minimum absolute atomic E-state index is 0.0416. The Morgan fingerprint density at radius 2 is 1.79 bits per heavy atom. The molecule has 1 fully saturated rings. The van der Waals surface area contributed by atoms with Crippen molar-refractivity contribution in [2.45, 2.75) is 13.8 Å². The molecular formula is C21H26BrN3O3. The maximum atomic E-state index is 13.2. The van der Waals surface area contributed by atoms with Gasteiger partial charge in [-0.25, -0.2) is 0 Å². The summed E-state index contributed by atoms with van der Waals surface area (Å²) in [5.41, 5.74) is 1.11. The normalized spacial score (nSPS) is 15.1. The molecule has 6 nitrogen and oxygen atoms in total. The Labute approximate surface area is 174 Å². The van der Waals surface area contributed by atoms with E-state index in [1.807, 2.05) is 17.0 Å². The Bertz CT molecular complexity index is 841. The standard InChI is InChI=1S/C21H26BrN3O3/c1-15(2)14-24-10-12-25(13-11-24)20(26)16-6-4-5-7-17(16)23(3)21(27)18-8-9-19(22)28-18/h4-9,15H,10-14H2,1-3H3. The highest BCUT2D eigenvalue weighted by atomic mass is 79.9. The van der Waals surface area contributed by atoms with Crippen molar-refractivity contribution < 1.29 is 14.0 Å². The summed E-state index contributed by atoms with van der Waals surface area (Å²) in [6.45, 7) is 8.61. The Morgan fingerprint density at radius 3 is 2.39 bits per heavy atom. The van der Waals surface area contributed by atoms with Gasteiger partial charge in [-0.05, 0) is 46.1 Å².